The summed E-state index contributed by atoms with van der Waals surface area (Å²) in [4.78, 5) is 22.3. The van der Waals surface area contributed by atoms with Crippen LogP contribution in [0.25, 0.3) is 6.08 Å². The molecule has 0 bridgehead atoms. The highest BCUT2D eigenvalue weighted by atomic mass is 16.6. The van der Waals surface area contributed by atoms with Crippen LogP contribution in [0.5, 0.6) is 11.5 Å². The number of amides is 1. The molecule has 0 atom stereocenters. The average molecular weight is 340 g/mol. The van der Waals surface area contributed by atoms with Crippen molar-refractivity contribution in [2.24, 2.45) is 0 Å². The number of carbonyl (C=O) groups excluding carboxylic acids is 1. The summed E-state index contributed by atoms with van der Waals surface area (Å²) in [6, 6.07) is 11.2. The molecule has 1 N–H and O–H groups in total. The molecule has 128 valence electrons. The molecule has 0 fully saturated rings. The van der Waals surface area contributed by atoms with E-state index in [0.29, 0.717) is 36.0 Å². The Morgan fingerprint density at radius 3 is 2.72 bits per heavy atom. The zero-order valence-corrected chi connectivity index (χ0v) is 13.3. The van der Waals surface area contributed by atoms with Gasteiger partial charge in [0.05, 0.1) is 18.1 Å². The number of nitro groups is 1. The molecule has 25 heavy (non-hydrogen) atoms. The van der Waals surface area contributed by atoms with Gasteiger partial charge in [0.2, 0.25) is 5.91 Å². The first-order chi connectivity index (χ1) is 12.1. The van der Waals surface area contributed by atoms with E-state index in [-0.39, 0.29) is 11.6 Å². The minimum absolute atomic E-state index is 0.0227. The number of hydrogen-bond acceptors (Lipinski definition) is 5. The zero-order chi connectivity index (χ0) is 17.6. The number of anilines is 1. The first-order valence-corrected chi connectivity index (χ1v) is 7.75. The summed E-state index contributed by atoms with van der Waals surface area (Å²) in [7, 11) is 0. The maximum atomic E-state index is 12.0. The number of ether oxygens (including phenoxy) is 2. The number of non-ortho nitro benzene ring substituents is 1. The van der Waals surface area contributed by atoms with Crippen molar-refractivity contribution in [2.75, 3.05) is 18.5 Å². The van der Waals surface area contributed by atoms with Crippen LogP contribution in [0.15, 0.2) is 48.5 Å². The molecule has 1 amide bonds. The molecule has 7 heteroatoms. The maximum absolute atomic E-state index is 12.0. The minimum Gasteiger partial charge on any atom is -0.490 e. The Morgan fingerprint density at radius 1 is 1.12 bits per heavy atom. The van der Waals surface area contributed by atoms with Crippen molar-refractivity contribution < 1.29 is 19.2 Å². The first kappa shape index (κ1) is 16.5. The molecule has 0 spiro atoms. The van der Waals surface area contributed by atoms with E-state index < -0.39 is 4.92 Å². The lowest BCUT2D eigenvalue weighted by Crippen LogP contribution is -2.08. The fourth-order valence-electron chi connectivity index (χ4n) is 2.34. The van der Waals surface area contributed by atoms with E-state index in [9.17, 15) is 14.9 Å². The predicted octanol–water partition coefficient (Wildman–Crippen LogP) is 3.41. The molecule has 2 aromatic rings. The molecule has 0 aliphatic carbocycles. The minimum atomic E-state index is -0.477. The normalized spacial score (nSPS) is 13.3. The SMILES string of the molecule is O=C(C=Cc1cccc([N+](=O)[O-])c1)Nc1ccc2c(c1)OCCCO2. The second-order valence-corrected chi connectivity index (χ2v) is 5.39. The van der Waals surface area contributed by atoms with Gasteiger partial charge in [-0.1, -0.05) is 12.1 Å². The summed E-state index contributed by atoms with van der Waals surface area (Å²) < 4.78 is 11.1. The number of nitrogens with zero attached hydrogens (tertiary/aromatic N) is 1. The summed E-state index contributed by atoms with van der Waals surface area (Å²) in [5, 5.41) is 13.5. The van der Waals surface area contributed by atoms with Gasteiger partial charge in [-0.15, -0.1) is 0 Å². The van der Waals surface area contributed by atoms with Crippen LogP contribution in [0.4, 0.5) is 11.4 Å². The Hall–Kier alpha value is -3.35. The highest BCUT2D eigenvalue weighted by molar-refractivity contribution is 6.02. The lowest BCUT2D eigenvalue weighted by Gasteiger charge is -2.09. The van der Waals surface area contributed by atoms with E-state index in [4.69, 9.17) is 9.47 Å². The highest BCUT2D eigenvalue weighted by Crippen LogP contribution is 2.32. The van der Waals surface area contributed by atoms with Gasteiger partial charge >= 0.3 is 0 Å². The second kappa shape index (κ2) is 7.48. The quantitative estimate of drug-likeness (QED) is 0.523. The van der Waals surface area contributed by atoms with Crippen LogP contribution in [0, 0.1) is 10.1 Å². The van der Waals surface area contributed by atoms with Gasteiger partial charge in [0, 0.05) is 36.4 Å². The maximum Gasteiger partial charge on any atom is 0.270 e. The molecule has 0 saturated heterocycles. The number of hydrogen-bond donors (Lipinski definition) is 1. The number of nitro benzene ring substituents is 1. The second-order valence-electron chi connectivity index (χ2n) is 5.39. The van der Waals surface area contributed by atoms with Crippen molar-refractivity contribution in [2.45, 2.75) is 6.42 Å². The number of nitrogens with one attached hydrogen (secondary N) is 1. The molecule has 1 heterocycles. The first-order valence-electron chi connectivity index (χ1n) is 7.75. The lowest BCUT2D eigenvalue weighted by atomic mass is 10.2. The highest BCUT2D eigenvalue weighted by Gasteiger charge is 2.11. The van der Waals surface area contributed by atoms with Gasteiger partial charge in [0.1, 0.15) is 0 Å². The number of rotatable bonds is 4. The van der Waals surface area contributed by atoms with E-state index in [1.807, 2.05) is 0 Å². The third kappa shape index (κ3) is 4.35. The van der Waals surface area contributed by atoms with Crippen LogP contribution < -0.4 is 14.8 Å². The van der Waals surface area contributed by atoms with Crippen molar-refractivity contribution in [1.82, 2.24) is 0 Å². The van der Waals surface area contributed by atoms with Gasteiger partial charge in [-0.05, 0) is 23.8 Å². The molecule has 2 aromatic carbocycles. The summed E-state index contributed by atoms with van der Waals surface area (Å²) in [6.45, 7) is 1.17. The Bertz CT molecular complexity index is 832. The summed E-state index contributed by atoms with van der Waals surface area (Å²) in [6.07, 6.45) is 3.65. The van der Waals surface area contributed by atoms with E-state index in [1.165, 1.54) is 24.3 Å². The number of fused-ring (bicyclic) bond motifs is 1. The fraction of sp³-hybridized carbons (Fsp3) is 0.167. The lowest BCUT2D eigenvalue weighted by molar-refractivity contribution is -0.384. The molecular weight excluding hydrogens is 324 g/mol. The van der Waals surface area contributed by atoms with Crippen LogP contribution in [0.3, 0.4) is 0 Å². The monoisotopic (exact) mass is 340 g/mol. The molecule has 3 rings (SSSR count). The largest absolute Gasteiger partial charge is 0.490 e. The topological polar surface area (TPSA) is 90.7 Å². The third-order valence-electron chi connectivity index (χ3n) is 3.52. The van der Waals surface area contributed by atoms with Crippen molar-refractivity contribution in [3.8, 4) is 11.5 Å². The Labute approximate surface area is 144 Å². The molecular formula is C18H16N2O5. The fourth-order valence-corrected chi connectivity index (χ4v) is 2.34. The van der Waals surface area contributed by atoms with Crippen molar-refractivity contribution >= 4 is 23.4 Å². The standard InChI is InChI=1S/C18H16N2O5/c21-18(8-5-13-3-1-4-15(11-13)20(22)23)19-14-6-7-16-17(12-14)25-10-2-9-24-16/h1,3-8,11-12H,2,9-10H2,(H,19,21). The molecule has 0 unspecified atom stereocenters. The van der Waals surface area contributed by atoms with Gasteiger partial charge in [-0.2, -0.15) is 0 Å². The smallest absolute Gasteiger partial charge is 0.270 e. The van der Waals surface area contributed by atoms with Gasteiger partial charge in [0.15, 0.2) is 11.5 Å². The molecule has 0 radical (unpaired) electrons. The van der Waals surface area contributed by atoms with Crippen molar-refractivity contribution in [1.29, 1.82) is 0 Å². The molecule has 7 nitrogen and oxygen atoms in total. The van der Waals surface area contributed by atoms with Gasteiger partial charge < -0.3 is 14.8 Å². The van der Waals surface area contributed by atoms with Crippen LogP contribution in [-0.2, 0) is 4.79 Å². The van der Waals surface area contributed by atoms with Gasteiger partial charge in [0.25, 0.3) is 5.69 Å². The van der Waals surface area contributed by atoms with Crippen LogP contribution in [-0.4, -0.2) is 24.0 Å². The van der Waals surface area contributed by atoms with E-state index in [2.05, 4.69) is 5.32 Å². The van der Waals surface area contributed by atoms with E-state index in [1.54, 1.807) is 30.3 Å². The van der Waals surface area contributed by atoms with Crippen LogP contribution >= 0.6 is 0 Å². The Kier molecular flexibility index (Phi) is 4.94. The van der Waals surface area contributed by atoms with E-state index >= 15 is 0 Å². The van der Waals surface area contributed by atoms with Crippen LogP contribution in [0.1, 0.15) is 12.0 Å². The number of benzene rings is 2. The third-order valence-corrected chi connectivity index (χ3v) is 3.52. The van der Waals surface area contributed by atoms with Crippen molar-refractivity contribution in [3.63, 3.8) is 0 Å². The molecule has 1 aliphatic heterocycles. The summed E-state index contributed by atoms with van der Waals surface area (Å²) in [5.41, 5.74) is 1.13. The summed E-state index contributed by atoms with van der Waals surface area (Å²) in [5.74, 6) is 0.904. The Morgan fingerprint density at radius 2 is 1.92 bits per heavy atom. The van der Waals surface area contributed by atoms with Gasteiger partial charge in [-0.3, -0.25) is 14.9 Å². The molecule has 1 aliphatic rings. The Balaban J connectivity index is 1.67. The average Bonchev–Trinajstić information content (AvgIpc) is 2.85. The summed E-state index contributed by atoms with van der Waals surface area (Å²) >= 11 is 0. The number of carbonyl (C=O) groups is 1. The van der Waals surface area contributed by atoms with Crippen LogP contribution in [0.2, 0.25) is 0 Å². The van der Waals surface area contributed by atoms with Crippen molar-refractivity contribution in [3.05, 3.63) is 64.2 Å². The van der Waals surface area contributed by atoms with E-state index in [0.717, 1.165) is 6.42 Å². The zero-order valence-electron chi connectivity index (χ0n) is 13.3. The molecule has 0 aromatic heterocycles. The van der Waals surface area contributed by atoms with Gasteiger partial charge in [-0.25, -0.2) is 0 Å². The predicted molar refractivity (Wildman–Crippen MR) is 92.8 cm³/mol. The molecule has 0 saturated carbocycles.